The number of hydrogen-bond acceptors (Lipinski definition) is 5. The van der Waals surface area contributed by atoms with Crippen LogP contribution in [0.25, 0.3) is 5.70 Å². The van der Waals surface area contributed by atoms with E-state index in [9.17, 15) is 4.79 Å². The summed E-state index contributed by atoms with van der Waals surface area (Å²) in [7, 11) is 2.04. The van der Waals surface area contributed by atoms with Crippen LogP contribution in [-0.2, 0) is 16.1 Å². The summed E-state index contributed by atoms with van der Waals surface area (Å²) in [6, 6.07) is 0.230. The molecule has 1 N–H and O–H groups in total. The number of carbonyl (C=O) groups is 1. The monoisotopic (exact) mass is 465 g/mol. The van der Waals surface area contributed by atoms with Crippen molar-refractivity contribution < 1.29 is 9.53 Å². The van der Waals surface area contributed by atoms with Crippen LogP contribution in [0.5, 0.6) is 0 Å². The van der Waals surface area contributed by atoms with Gasteiger partial charge in [0, 0.05) is 32.0 Å². The Labute approximate surface area is 202 Å². The highest BCUT2D eigenvalue weighted by atomic mass is 32.1. The quantitative estimate of drug-likeness (QED) is 0.248. The summed E-state index contributed by atoms with van der Waals surface area (Å²) in [5, 5.41) is 3.37. The third-order valence-corrected chi connectivity index (χ3v) is 6.13. The van der Waals surface area contributed by atoms with Gasteiger partial charge < -0.3 is 15.0 Å². The molecule has 1 aromatic heterocycles. The van der Waals surface area contributed by atoms with Gasteiger partial charge in [-0.1, -0.05) is 48.3 Å². The number of nitrogens with one attached hydrogen (secondary N) is 1. The minimum atomic E-state index is -0.143. The summed E-state index contributed by atoms with van der Waals surface area (Å²) < 4.78 is 6.22. The number of aromatic nitrogens is 1. The van der Waals surface area contributed by atoms with E-state index in [1.165, 1.54) is 18.3 Å². The van der Waals surface area contributed by atoms with E-state index in [1.54, 1.807) is 0 Å². The van der Waals surface area contributed by atoms with E-state index in [0.29, 0.717) is 11.7 Å². The molecule has 0 saturated heterocycles. The molecule has 0 unspecified atom stereocenters. The lowest BCUT2D eigenvalue weighted by Crippen LogP contribution is -2.28. The van der Waals surface area contributed by atoms with Crippen LogP contribution < -0.4 is 5.32 Å². The highest BCUT2D eigenvalue weighted by Gasteiger charge is 2.30. The van der Waals surface area contributed by atoms with Gasteiger partial charge in [0.2, 0.25) is 5.91 Å². The first-order valence-corrected chi connectivity index (χ1v) is 11.9. The van der Waals surface area contributed by atoms with E-state index < -0.39 is 0 Å². The smallest absolute Gasteiger partial charge is 0.223 e. The first-order valence-electron chi connectivity index (χ1n) is 11.0. The standard InChI is InChI=1S/C27H35N3O2S/c1-10-12-21(15-17(3)4)13-14-22(11-2)19(7)25-24(30(9)18(5)6)26-23(16-32-25)29-27(33-26)28-20(8)31/h10-11,13-14,18H,3,7,15-16H2,1-2,4-6,8-9H3,(H,28,29,31). The van der Waals surface area contributed by atoms with Crippen molar-refractivity contribution in [2.24, 2.45) is 0 Å². The maximum atomic E-state index is 11.5. The Morgan fingerprint density at radius 2 is 2.00 bits per heavy atom. The molecule has 2 rings (SSSR count). The largest absolute Gasteiger partial charge is 0.484 e. The maximum absolute atomic E-state index is 11.5. The third kappa shape index (κ3) is 6.70. The molecule has 0 aromatic carbocycles. The van der Waals surface area contributed by atoms with Gasteiger partial charge in [-0.2, -0.15) is 0 Å². The van der Waals surface area contributed by atoms with Crippen molar-refractivity contribution in [1.29, 1.82) is 0 Å². The van der Waals surface area contributed by atoms with Crippen LogP contribution >= 0.6 is 11.3 Å². The number of ether oxygens (including phenoxy) is 1. The van der Waals surface area contributed by atoms with Crippen molar-refractivity contribution in [2.45, 2.75) is 60.6 Å². The van der Waals surface area contributed by atoms with Crippen LogP contribution in [-0.4, -0.2) is 28.9 Å². The van der Waals surface area contributed by atoms with Gasteiger partial charge in [-0.3, -0.25) is 4.79 Å². The van der Waals surface area contributed by atoms with Gasteiger partial charge in [-0.05, 0) is 51.8 Å². The fourth-order valence-corrected chi connectivity index (χ4v) is 4.42. The zero-order chi connectivity index (χ0) is 24.7. The number of carbonyl (C=O) groups excluding carboxylic acids is 1. The van der Waals surface area contributed by atoms with E-state index in [2.05, 4.69) is 54.0 Å². The SMILES string of the molecule is C=C(C)CC(=C=CC)C=CC(=CC)C(=C)C1=C(N(C)C(C)C)c2sc(NC(C)=O)nc2CO1. The van der Waals surface area contributed by atoms with E-state index in [-0.39, 0.29) is 11.9 Å². The molecule has 2 heterocycles. The number of anilines is 1. The van der Waals surface area contributed by atoms with Gasteiger partial charge in [-0.15, -0.1) is 5.73 Å². The predicted octanol–water partition coefficient (Wildman–Crippen LogP) is 6.77. The fraction of sp³-hybridized carbons (Fsp3) is 0.370. The van der Waals surface area contributed by atoms with Crippen LogP contribution in [0, 0.1) is 0 Å². The zero-order valence-electron chi connectivity index (χ0n) is 20.8. The number of amides is 1. The molecule has 1 aliphatic heterocycles. The second kappa shape index (κ2) is 11.7. The Bertz CT molecular complexity index is 1090. The molecule has 6 heteroatoms. The number of thiazole rings is 1. The molecule has 0 aliphatic carbocycles. The molecule has 1 aliphatic rings. The van der Waals surface area contributed by atoms with Crippen molar-refractivity contribution in [3.63, 3.8) is 0 Å². The second-order valence-electron chi connectivity index (χ2n) is 8.30. The Kier molecular flexibility index (Phi) is 9.27. The predicted molar refractivity (Wildman–Crippen MR) is 140 cm³/mol. The molecule has 1 amide bonds. The van der Waals surface area contributed by atoms with Gasteiger partial charge in [0.05, 0.1) is 10.6 Å². The van der Waals surface area contributed by atoms with Gasteiger partial charge >= 0.3 is 0 Å². The molecule has 0 fully saturated rings. The van der Waals surface area contributed by atoms with Gasteiger partial charge in [0.25, 0.3) is 0 Å². The molecular weight excluding hydrogens is 430 g/mol. The molecule has 0 bridgehead atoms. The van der Waals surface area contributed by atoms with Crippen molar-refractivity contribution in [3.05, 3.63) is 81.8 Å². The zero-order valence-corrected chi connectivity index (χ0v) is 21.7. The van der Waals surface area contributed by atoms with Crippen LogP contribution in [0.3, 0.4) is 0 Å². The van der Waals surface area contributed by atoms with Crippen LogP contribution in [0.15, 0.2) is 71.2 Å². The first kappa shape index (κ1) is 26.2. The average Bonchev–Trinajstić information content (AvgIpc) is 3.13. The molecule has 0 saturated carbocycles. The lowest BCUT2D eigenvalue weighted by molar-refractivity contribution is -0.114. The van der Waals surface area contributed by atoms with E-state index >= 15 is 0 Å². The molecule has 0 radical (unpaired) electrons. The minimum absolute atomic E-state index is 0.143. The van der Waals surface area contributed by atoms with Gasteiger partial charge in [0.15, 0.2) is 10.9 Å². The van der Waals surface area contributed by atoms with E-state index in [4.69, 9.17) is 4.74 Å². The highest BCUT2D eigenvalue weighted by molar-refractivity contribution is 7.17. The lowest BCUT2D eigenvalue weighted by atomic mass is 9.99. The van der Waals surface area contributed by atoms with Crippen LogP contribution in [0.4, 0.5) is 5.13 Å². The molecule has 33 heavy (non-hydrogen) atoms. The summed E-state index contributed by atoms with van der Waals surface area (Å²) in [6.45, 7) is 20.4. The third-order valence-electron chi connectivity index (χ3n) is 5.11. The normalized spacial score (nSPS) is 13.4. The molecule has 5 nitrogen and oxygen atoms in total. The topological polar surface area (TPSA) is 54.5 Å². The molecule has 1 aromatic rings. The molecule has 0 spiro atoms. The molecule has 0 atom stereocenters. The van der Waals surface area contributed by atoms with Crippen molar-refractivity contribution >= 4 is 28.1 Å². The van der Waals surface area contributed by atoms with Crippen molar-refractivity contribution in [1.82, 2.24) is 9.88 Å². The Morgan fingerprint density at radius 3 is 2.55 bits per heavy atom. The number of nitrogens with zero attached hydrogens (tertiary/aromatic N) is 2. The summed E-state index contributed by atoms with van der Waals surface area (Å²) in [5.74, 6) is 0.585. The number of allylic oxidation sites excluding steroid dienone is 6. The molecule has 176 valence electrons. The van der Waals surface area contributed by atoms with Crippen molar-refractivity contribution in [2.75, 3.05) is 12.4 Å². The van der Waals surface area contributed by atoms with Crippen LogP contribution in [0.1, 0.15) is 58.5 Å². The minimum Gasteiger partial charge on any atom is -0.484 e. The number of fused-ring (bicyclic) bond motifs is 1. The van der Waals surface area contributed by atoms with Gasteiger partial charge in [0.1, 0.15) is 12.3 Å². The summed E-state index contributed by atoms with van der Waals surface area (Å²) >= 11 is 1.46. The number of hydrogen-bond donors (Lipinski definition) is 1. The Balaban J connectivity index is 2.53. The second-order valence-corrected chi connectivity index (χ2v) is 9.29. The summed E-state index contributed by atoms with van der Waals surface area (Å²) in [6.07, 6.45) is 8.80. The fourth-order valence-electron chi connectivity index (χ4n) is 3.32. The van der Waals surface area contributed by atoms with Crippen LogP contribution in [0.2, 0.25) is 0 Å². The average molecular weight is 466 g/mol. The van der Waals surface area contributed by atoms with Crippen molar-refractivity contribution in [3.8, 4) is 0 Å². The summed E-state index contributed by atoms with van der Waals surface area (Å²) in [4.78, 5) is 19.3. The van der Waals surface area contributed by atoms with E-state index in [1.807, 2.05) is 46.0 Å². The van der Waals surface area contributed by atoms with E-state index in [0.717, 1.165) is 50.7 Å². The first-order chi connectivity index (χ1) is 15.6. The number of rotatable bonds is 9. The highest BCUT2D eigenvalue weighted by Crippen LogP contribution is 2.41. The Morgan fingerprint density at radius 1 is 1.30 bits per heavy atom. The lowest BCUT2D eigenvalue weighted by Gasteiger charge is -2.32. The Hall–Kier alpha value is -3.08. The maximum Gasteiger partial charge on any atom is 0.223 e. The molecular formula is C27H35N3O2S. The summed E-state index contributed by atoms with van der Waals surface area (Å²) in [5.41, 5.74) is 8.93. The van der Waals surface area contributed by atoms with Gasteiger partial charge in [-0.25, -0.2) is 4.98 Å².